The molecular formula is C23H26ClFN4O4. The molecule has 1 saturated heterocycles. The Morgan fingerprint density at radius 2 is 2.06 bits per heavy atom. The van der Waals surface area contributed by atoms with Crippen molar-refractivity contribution in [1.29, 1.82) is 0 Å². The largest absolute Gasteiger partial charge is 0.489 e. The van der Waals surface area contributed by atoms with Gasteiger partial charge < -0.3 is 25.0 Å². The van der Waals surface area contributed by atoms with Gasteiger partial charge in [-0.1, -0.05) is 11.6 Å². The number of H-pyrrole nitrogens is 1. The third-order valence-corrected chi connectivity index (χ3v) is 5.99. The van der Waals surface area contributed by atoms with Crippen molar-refractivity contribution in [3.8, 4) is 5.75 Å². The van der Waals surface area contributed by atoms with Gasteiger partial charge in [0.15, 0.2) is 0 Å². The predicted molar refractivity (Wildman–Crippen MR) is 124 cm³/mol. The van der Waals surface area contributed by atoms with Crippen LogP contribution in [-0.2, 0) is 4.79 Å². The van der Waals surface area contributed by atoms with Crippen LogP contribution in [0.25, 0.3) is 11.0 Å². The first-order valence-electron chi connectivity index (χ1n) is 10.8. The summed E-state index contributed by atoms with van der Waals surface area (Å²) in [7, 11) is 0. The summed E-state index contributed by atoms with van der Waals surface area (Å²) in [5.41, 5.74) is 1.64. The number of piperidine rings is 1. The van der Waals surface area contributed by atoms with Crippen molar-refractivity contribution in [2.75, 3.05) is 31.6 Å². The Morgan fingerprint density at radius 3 is 2.79 bits per heavy atom. The molecular weight excluding hydrogens is 451 g/mol. The number of aliphatic hydroxyl groups excluding tert-OH is 1. The lowest BCUT2D eigenvalue weighted by molar-refractivity contribution is -0.114. The molecule has 0 spiro atoms. The zero-order chi connectivity index (χ0) is 23.5. The highest BCUT2D eigenvalue weighted by molar-refractivity contribution is 6.31. The molecule has 10 heteroatoms. The fourth-order valence-electron chi connectivity index (χ4n) is 4.28. The van der Waals surface area contributed by atoms with Gasteiger partial charge in [0.2, 0.25) is 5.91 Å². The van der Waals surface area contributed by atoms with Gasteiger partial charge in [-0.2, -0.15) is 0 Å². The smallest absolute Gasteiger partial charge is 0.326 e. The third kappa shape index (κ3) is 5.55. The van der Waals surface area contributed by atoms with E-state index in [4.69, 9.17) is 16.3 Å². The maximum Gasteiger partial charge on any atom is 0.326 e. The number of rotatable bonds is 7. The van der Waals surface area contributed by atoms with Crippen LogP contribution in [0.5, 0.6) is 5.75 Å². The average Bonchev–Trinajstić information content (AvgIpc) is 3.08. The number of hydrogen-bond donors (Lipinski definition) is 3. The van der Waals surface area contributed by atoms with E-state index in [2.05, 4.69) is 15.2 Å². The highest BCUT2D eigenvalue weighted by Crippen LogP contribution is 2.27. The number of carbonyl (C=O) groups excluding carboxylic acids is 1. The maximum absolute atomic E-state index is 13.5. The molecule has 1 aromatic heterocycles. The summed E-state index contributed by atoms with van der Waals surface area (Å²) < 4.78 is 20.9. The number of benzene rings is 2. The monoisotopic (exact) mass is 476 g/mol. The molecule has 1 aliphatic rings. The number of nitrogens with zero attached hydrogens (tertiary/aromatic N) is 2. The van der Waals surface area contributed by atoms with E-state index in [9.17, 15) is 19.1 Å². The normalized spacial score (nSPS) is 16.1. The van der Waals surface area contributed by atoms with Crippen molar-refractivity contribution in [3.05, 3.63) is 57.7 Å². The third-order valence-electron chi connectivity index (χ3n) is 5.75. The standard InChI is InChI=1S/C23H26ClFN4O4/c1-14(30)26-20-11-16(25)3-5-22(20)33-13-18(31)12-28-8-6-17(7-9-28)29-21-4-2-15(24)10-19(21)27-23(29)32/h2-5,10-11,17-18,31H,6-9,12-13H2,1H3,(H,26,30)(H,27,32). The number of aromatic amines is 1. The molecule has 2 heterocycles. The van der Waals surface area contributed by atoms with Gasteiger partial charge in [-0.15, -0.1) is 0 Å². The van der Waals surface area contributed by atoms with Gasteiger partial charge in [0, 0.05) is 43.7 Å². The lowest BCUT2D eigenvalue weighted by Crippen LogP contribution is -2.42. The minimum absolute atomic E-state index is 0.000805. The van der Waals surface area contributed by atoms with E-state index >= 15 is 0 Å². The lowest BCUT2D eigenvalue weighted by Gasteiger charge is -2.33. The second-order valence-corrected chi connectivity index (χ2v) is 8.72. The number of imidazole rings is 1. The summed E-state index contributed by atoms with van der Waals surface area (Å²) in [4.78, 5) is 28.8. The van der Waals surface area contributed by atoms with Crippen LogP contribution in [0.4, 0.5) is 10.1 Å². The number of carbonyl (C=O) groups is 1. The molecule has 1 aliphatic heterocycles. The number of amides is 1. The zero-order valence-electron chi connectivity index (χ0n) is 18.2. The molecule has 1 unspecified atom stereocenters. The summed E-state index contributed by atoms with van der Waals surface area (Å²) in [6.07, 6.45) is 0.774. The lowest BCUT2D eigenvalue weighted by atomic mass is 10.0. The van der Waals surface area contributed by atoms with Crippen molar-refractivity contribution in [1.82, 2.24) is 14.5 Å². The van der Waals surface area contributed by atoms with E-state index in [0.717, 1.165) is 37.0 Å². The Hall–Kier alpha value is -2.88. The summed E-state index contributed by atoms with van der Waals surface area (Å²) in [6, 6.07) is 9.28. The van der Waals surface area contributed by atoms with Gasteiger partial charge >= 0.3 is 5.69 Å². The quantitative estimate of drug-likeness (QED) is 0.486. The highest BCUT2D eigenvalue weighted by Gasteiger charge is 2.25. The number of β-amino-alcohol motifs (C(OH)–C–C–N with tert-alkyl or cyclic N) is 1. The predicted octanol–water partition coefficient (Wildman–Crippen LogP) is 3.16. The molecule has 1 amide bonds. The van der Waals surface area contributed by atoms with Gasteiger partial charge in [-0.25, -0.2) is 9.18 Å². The van der Waals surface area contributed by atoms with Crippen LogP contribution < -0.4 is 15.7 Å². The first-order valence-corrected chi connectivity index (χ1v) is 11.2. The minimum atomic E-state index is -0.769. The Morgan fingerprint density at radius 1 is 1.30 bits per heavy atom. The fraction of sp³-hybridized carbons (Fsp3) is 0.391. The van der Waals surface area contributed by atoms with Crippen molar-refractivity contribution in [2.45, 2.75) is 31.9 Å². The van der Waals surface area contributed by atoms with E-state index in [1.807, 2.05) is 6.07 Å². The molecule has 2 aromatic carbocycles. The number of halogens is 2. The van der Waals surface area contributed by atoms with E-state index in [1.54, 1.807) is 16.7 Å². The summed E-state index contributed by atoms with van der Waals surface area (Å²) >= 11 is 6.03. The number of aromatic nitrogens is 2. The summed E-state index contributed by atoms with van der Waals surface area (Å²) in [5, 5.41) is 13.6. The van der Waals surface area contributed by atoms with Gasteiger partial charge in [-0.05, 0) is 43.2 Å². The Labute approximate surface area is 194 Å². The number of likely N-dealkylation sites (tertiary alicyclic amines) is 1. The molecule has 33 heavy (non-hydrogen) atoms. The first kappa shape index (κ1) is 23.3. The molecule has 0 radical (unpaired) electrons. The fourth-order valence-corrected chi connectivity index (χ4v) is 4.45. The van der Waals surface area contributed by atoms with Gasteiger partial charge in [0.05, 0.1) is 16.7 Å². The van der Waals surface area contributed by atoms with Crippen molar-refractivity contribution in [3.63, 3.8) is 0 Å². The SMILES string of the molecule is CC(=O)Nc1cc(F)ccc1OCC(O)CN1CCC(n2c(=O)[nH]c3cc(Cl)ccc32)CC1. The van der Waals surface area contributed by atoms with Crippen molar-refractivity contribution >= 4 is 34.2 Å². The van der Waals surface area contributed by atoms with Crippen LogP contribution in [-0.4, -0.2) is 57.8 Å². The van der Waals surface area contributed by atoms with Crippen LogP contribution in [0.1, 0.15) is 25.8 Å². The van der Waals surface area contributed by atoms with Gasteiger partial charge in [0.1, 0.15) is 24.3 Å². The molecule has 4 rings (SSSR count). The number of ether oxygens (including phenoxy) is 1. The first-order chi connectivity index (χ1) is 15.8. The highest BCUT2D eigenvalue weighted by atomic mass is 35.5. The minimum Gasteiger partial charge on any atom is -0.489 e. The molecule has 176 valence electrons. The maximum atomic E-state index is 13.5. The molecule has 0 bridgehead atoms. The molecule has 8 nitrogen and oxygen atoms in total. The van der Waals surface area contributed by atoms with Crippen molar-refractivity contribution in [2.24, 2.45) is 0 Å². The van der Waals surface area contributed by atoms with Gasteiger partial charge in [0.25, 0.3) is 0 Å². The number of nitrogens with one attached hydrogen (secondary N) is 2. The molecule has 0 aliphatic carbocycles. The topological polar surface area (TPSA) is 99.6 Å². The molecule has 1 fully saturated rings. The molecule has 3 N–H and O–H groups in total. The Bertz CT molecular complexity index is 1200. The number of aliphatic hydroxyl groups is 1. The van der Waals surface area contributed by atoms with Crippen molar-refractivity contribution < 1.29 is 19.0 Å². The zero-order valence-corrected chi connectivity index (χ0v) is 18.9. The van der Waals surface area contributed by atoms with E-state index in [-0.39, 0.29) is 29.9 Å². The second kappa shape index (κ2) is 9.94. The number of fused-ring (bicyclic) bond motifs is 1. The molecule has 1 atom stereocenters. The summed E-state index contributed by atoms with van der Waals surface area (Å²) in [6.45, 7) is 3.18. The van der Waals surface area contributed by atoms with Crippen LogP contribution >= 0.6 is 11.6 Å². The second-order valence-electron chi connectivity index (χ2n) is 8.28. The van der Waals surface area contributed by atoms with Crippen LogP contribution in [0.2, 0.25) is 5.02 Å². The Balaban J connectivity index is 1.31. The Kier molecular flexibility index (Phi) is 7.02. The van der Waals surface area contributed by atoms with Gasteiger partial charge in [-0.3, -0.25) is 9.36 Å². The average molecular weight is 477 g/mol. The van der Waals surface area contributed by atoms with Crippen LogP contribution in [0.15, 0.2) is 41.2 Å². The van der Waals surface area contributed by atoms with E-state index < -0.39 is 11.9 Å². The summed E-state index contributed by atoms with van der Waals surface area (Å²) in [5.74, 6) is -0.540. The molecule has 3 aromatic rings. The van der Waals surface area contributed by atoms with Crippen LogP contribution in [0, 0.1) is 5.82 Å². The number of anilines is 1. The number of hydrogen-bond acceptors (Lipinski definition) is 5. The molecule has 0 saturated carbocycles. The van der Waals surface area contributed by atoms with E-state index in [1.165, 1.54) is 25.1 Å². The van der Waals surface area contributed by atoms with E-state index in [0.29, 0.717) is 17.3 Å². The van der Waals surface area contributed by atoms with Crippen LogP contribution in [0.3, 0.4) is 0 Å².